The summed E-state index contributed by atoms with van der Waals surface area (Å²) in [6, 6.07) is 3.44. The van der Waals surface area contributed by atoms with E-state index >= 15 is 0 Å². The summed E-state index contributed by atoms with van der Waals surface area (Å²) in [5.41, 5.74) is 1.14. The molecule has 0 bridgehead atoms. The van der Waals surface area contributed by atoms with Crippen LogP contribution in [0.15, 0.2) is 22.9 Å². The summed E-state index contributed by atoms with van der Waals surface area (Å²) in [5, 5.41) is 9.49. The second-order valence-electron chi connectivity index (χ2n) is 3.88. The summed E-state index contributed by atoms with van der Waals surface area (Å²) in [5.74, 6) is 0.892. The van der Waals surface area contributed by atoms with Crippen molar-refractivity contribution in [2.45, 2.75) is 20.4 Å². The van der Waals surface area contributed by atoms with E-state index in [1.54, 1.807) is 25.3 Å². The lowest BCUT2D eigenvalue weighted by atomic mass is 10.3. The van der Waals surface area contributed by atoms with E-state index in [2.05, 4.69) is 25.8 Å². The lowest BCUT2D eigenvalue weighted by Crippen LogP contribution is -2.23. The van der Waals surface area contributed by atoms with Crippen molar-refractivity contribution in [3.05, 3.63) is 35.7 Å². The molecule has 19 heavy (non-hydrogen) atoms. The second kappa shape index (κ2) is 5.94. The van der Waals surface area contributed by atoms with E-state index in [9.17, 15) is 4.79 Å². The van der Waals surface area contributed by atoms with E-state index in [0.717, 1.165) is 5.69 Å². The Bertz CT molecular complexity index is 567. The van der Waals surface area contributed by atoms with Gasteiger partial charge in [0.2, 0.25) is 5.89 Å². The van der Waals surface area contributed by atoms with Crippen molar-refractivity contribution in [3.63, 3.8) is 0 Å². The van der Waals surface area contributed by atoms with Crippen molar-refractivity contribution in [2.75, 3.05) is 11.9 Å². The zero-order valence-electron chi connectivity index (χ0n) is 10.8. The standard InChI is InChI=1S/C12H15N5O2/c1-3-13-12(18)10-6-9(4-5-14-10)15-7-11-16-8(2)17-19-11/h4-6H,3,7H2,1-2H3,(H,13,18)(H,14,15). The number of hydrogen-bond donors (Lipinski definition) is 2. The molecule has 1 amide bonds. The van der Waals surface area contributed by atoms with Gasteiger partial charge in [0.05, 0.1) is 6.54 Å². The van der Waals surface area contributed by atoms with Gasteiger partial charge in [-0.2, -0.15) is 4.98 Å². The average Bonchev–Trinajstić information content (AvgIpc) is 2.83. The predicted octanol–water partition coefficient (Wildman–Crippen LogP) is 1.13. The molecule has 0 spiro atoms. The van der Waals surface area contributed by atoms with Gasteiger partial charge in [-0.15, -0.1) is 0 Å². The summed E-state index contributed by atoms with van der Waals surface area (Å²) >= 11 is 0. The summed E-state index contributed by atoms with van der Waals surface area (Å²) in [4.78, 5) is 19.7. The van der Waals surface area contributed by atoms with Gasteiger partial charge in [0.15, 0.2) is 5.82 Å². The predicted molar refractivity (Wildman–Crippen MR) is 68.6 cm³/mol. The third kappa shape index (κ3) is 3.51. The molecule has 7 heteroatoms. The van der Waals surface area contributed by atoms with Crippen molar-refractivity contribution in [1.29, 1.82) is 0 Å². The zero-order chi connectivity index (χ0) is 13.7. The topological polar surface area (TPSA) is 92.9 Å². The highest BCUT2D eigenvalue weighted by Crippen LogP contribution is 2.09. The molecule has 0 aliphatic carbocycles. The highest BCUT2D eigenvalue weighted by Gasteiger charge is 2.07. The van der Waals surface area contributed by atoms with E-state index in [0.29, 0.717) is 30.5 Å². The van der Waals surface area contributed by atoms with Gasteiger partial charge in [0, 0.05) is 18.4 Å². The van der Waals surface area contributed by atoms with Gasteiger partial charge in [-0.1, -0.05) is 5.16 Å². The Balaban J connectivity index is 2.00. The van der Waals surface area contributed by atoms with Crippen molar-refractivity contribution < 1.29 is 9.32 Å². The van der Waals surface area contributed by atoms with Crippen LogP contribution in [0.5, 0.6) is 0 Å². The van der Waals surface area contributed by atoms with Crippen LogP contribution in [0.1, 0.15) is 29.1 Å². The first-order valence-electron chi connectivity index (χ1n) is 5.96. The first-order chi connectivity index (χ1) is 9.19. The van der Waals surface area contributed by atoms with E-state index in [1.807, 2.05) is 6.92 Å². The number of aromatic nitrogens is 3. The van der Waals surface area contributed by atoms with Crippen LogP contribution >= 0.6 is 0 Å². The van der Waals surface area contributed by atoms with Crippen molar-refractivity contribution in [2.24, 2.45) is 0 Å². The maximum Gasteiger partial charge on any atom is 0.269 e. The van der Waals surface area contributed by atoms with Crippen LogP contribution in [-0.2, 0) is 6.54 Å². The van der Waals surface area contributed by atoms with Gasteiger partial charge in [0.1, 0.15) is 5.69 Å². The Hall–Kier alpha value is -2.44. The maximum absolute atomic E-state index is 11.6. The van der Waals surface area contributed by atoms with Gasteiger partial charge in [-0.05, 0) is 26.0 Å². The molecule has 2 aromatic rings. The van der Waals surface area contributed by atoms with Crippen LogP contribution < -0.4 is 10.6 Å². The van der Waals surface area contributed by atoms with Crippen LogP contribution in [-0.4, -0.2) is 27.6 Å². The highest BCUT2D eigenvalue weighted by molar-refractivity contribution is 5.93. The van der Waals surface area contributed by atoms with Gasteiger partial charge in [0.25, 0.3) is 5.91 Å². The molecule has 7 nitrogen and oxygen atoms in total. The normalized spacial score (nSPS) is 10.2. The number of hydrogen-bond acceptors (Lipinski definition) is 6. The lowest BCUT2D eigenvalue weighted by Gasteiger charge is -2.05. The Labute approximate surface area is 110 Å². The lowest BCUT2D eigenvalue weighted by molar-refractivity contribution is 0.0951. The molecule has 0 fully saturated rings. The summed E-state index contributed by atoms with van der Waals surface area (Å²) < 4.78 is 4.98. The van der Waals surface area contributed by atoms with Crippen LogP contribution in [0.3, 0.4) is 0 Å². The van der Waals surface area contributed by atoms with Gasteiger partial charge in [-0.3, -0.25) is 9.78 Å². The minimum absolute atomic E-state index is 0.195. The molecule has 0 saturated carbocycles. The number of pyridine rings is 1. The molecule has 0 aliphatic rings. The minimum Gasteiger partial charge on any atom is -0.376 e. The van der Waals surface area contributed by atoms with Crippen molar-refractivity contribution in [1.82, 2.24) is 20.4 Å². The Morgan fingerprint density at radius 3 is 3.00 bits per heavy atom. The van der Waals surface area contributed by atoms with Crippen LogP contribution in [0, 0.1) is 6.92 Å². The Kier molecular flexibility index (Phi) is 4.07. The molecule has 0 aromatic carbocycles. The molecule has 100 valence electrons. The highest BCUT2D eigenvalue weighted by atomic mass is 16.5. The molecule has 0 saturated heterocycles. The number of rotatable bonds is 5. The number of carbonyl (C=O) groups is 1. The van der Waals surface area contributed by atoms with E-state index in [-0.39, 0.29) is 5.91 Å². The molecule has 2 aromatic heterocycles. The van der Waals surface area contributed by atoms with Gasteiger partial charge < -0.3 is 15.2 Å². The first-order valence-corrected chi connectivity index (χ1v) is 5.96. The molecule has 2 N–H and O–H groups in total. The van der Waals surface area contributed by atoms with Crippen LogP contribution in [0.2, 0.25) is 0 Å². The number of carbonyl (C=O) groups excluding carboxylic acids is 1. The van der Waals surface area contributed by atoms with E-state index in [1.165, 1.54) is 0 Å². The molecular weight excluding hydrogens is 246 g/mol. The largest absolute Gasteiger partial charge is 0.376 e. The summed E-state index contributed by atoms with van der Waals surface area (Å²) in [6.45, 7) is 4.59. The quantitative estimate of drug-likeness (QED) is 0.838. The van der Waals surface area contributed by atoms with Crippen LogP contribution in [0.4, 0.5) is 5.69 Å². The monoisotopic (exact) mass is 261 g/mol. The van der Waals surface area contributed by atoms with Crippen molar-refractivity contribution in [3.8, 4) is 0 Å². The fourth-order valence-electron chi connectivity index (χ4n) is 1.51. The zero-order valence-corrected chi connectivity index (χ0v) is 10.8. The Morgan fingerprint density at radius 1 is 1.47 bits per heavy atom. The number of nitrogens with one attached hydrogen (secondary N) is 2. The number of amides is 1. The summed E-state index contributed by atoms with van der Waals surface area (Å²) in [7, 11) is 0. The van der Waals surface area contributed by atoms with Gasteiger partial charge in [-0.25, -0.2) is 0 Å². The number of nitrogens with zero attached hydrogens (tertiary/aromatic N) is 3. The molecule has 0 radical (unpaired) electrons. The molecule has 2 rings (SSSR count). The minimum atomic E-state index is -0.195. The molecule has 0 unspecified atom stereocenters. The maximum atomic E-state index is 11.6. The molecular formula is C12H15N5O2. The van der Waals surface area contributed by atoms with E-state index < -0.39 is 0 Å². The van der Waals surface area contributed by atoms with Crippen molar-refractivity contribution >= 4 is 11.6 Å². The fraction of sp³-hybridized carbons (Fsp3) is 0.333. The average molecular weight is 261 g/mol. The number of anilines is 1. The van der Waals surface area contributed by atoms with E-state index in [4.69, 9.17) is 4.52 Å². The Morgan fingerprint density at radius 2 is 2.32 bits per heavy atom. The SMILES string of the molecule is CCNC(=O)c1cc(NCc2nc(C)no2)ccn1. The smallest absolute Gasteiger partial charge is 0.269 e. The first kappa shape index (κ1) is 13.0. The molecule has 2 heterocycles. The summed E-state index contributed by atoms with van der Waals surface area (Å²) in [6.07, 6.45) is 1.58. The van der Waals surface area contributed by atoms with Crippen LogP contribution in [0.25, 0.3) is 0 Å². The third-order valence-electron chi connectivity index (χ3n) is 2.34. The molecule has 0 aliphatic heterocycles. The second-order valence-corrected chi connectivity index (χ2v) is 3.88. The van der Waals surface area contributed by atoms with Gasteiger partial charge >= 0.3 is 0 Å². The number of aryl methyl sites for hydroxylation is 1. The molecule has 0 atom stereocenters. The fourth-order valence-corrected chi connectivity index (χ4v) is 1.51. The third-order valence-corrected chi connectivity index (χ3v) is 2.34.